The maximum absolute atomic E-state index is 12.4. The van der Waals surface area contributed by atoms with Gasteiger partial charge in [0.2, 0.25) is 5.89 Å². The summed E-state index contributed by atoms with van der Waals surface area (Å²) in [5, 5.41) is 0. The van der Waals surface area contributed by atoms with Gasteiger partial charge in [-0.3, -0.25) is 9.59 Å². The van der Waals surface area contributed by atoms with Gasteiger partial charge in [0.1, 0.15) is 5.78 Å². The molecule has 0 N–H and O–H groups in total. The third-order valence-corrected chi connectivity index (χ3v) is 5.33. The molecule has 5 nitrogen and oxygen atoms in total. The molecule has 5 heteroatoms. The van der Waals surface area contributed by atoms with Gasteiger partial charge in [0, 0.05) is 17.4 Å². The fourth-order valence-electron chi connectivity index (χ4n) is 4.04. The number of ketones is 1. The third-order valence-electron chi connectivity index (χ3n) is 5.33. The van der Waals surface area contributed by atoms with E-state index in [1.54, 1.807) is 6.20 Å². The Morgan fingerprint density at radius 1 is 1.16 bits per heavy atom. The van der Waals surface area contributed by atoms with Crippen molar-refractivity contribution in [1.29, 1.82) is 0 Å². The standard InChI is InChI=1S/C20H21NO4/c22-19-14-7-4-8-15(19)10-16(9-14)20(23)24-12-18-21-11-17(25-18)13-5-2-1-3-6-13/h1-3,5-6,11,14-16H,4,7-10,12H2/t14-,15-/m1/s1. The van der Waals surface area contributed by atoms with Crippen molar-refractivity contribution in [1.82, 2.24) is 4.98 Å². The van der Waals surface area contributed by atoms with Gasteiger partial charge in [-0.25, -0.2) is 4.98 Å². The normalized spacial score (nSPS) is 25.6. The summed E-state index contributed by atoms with van der Waals surface area (Å²) < 4.78 is 11.1. The Labute approximate surface area is 146 Å². The Hall–Kier alpha value is -2.43. The Morgan fingerprint density at radius 3 is 2.60 bits per heavy atom. The summed E-state index contributed by atoms with van der Waals surface area (Å²) in [6.45, 7) is 0.0332. The van der Waals surface area contributed by atoms with Gasteiger partial charge in [-0.1, -0.05) is 36.8 Å². The van der Waals surface area contributed by atoms with Gasteiger partial charge in [0.25, 0.3) is 0 Å². The number of esters is 1. The van der Waals surface area contributed by atoms with Crippen LogP contribution in [0.25, 0.3) is 11.3 Å². The van der Waals surface area contributed by atoms with E-state index >= 15 is 0 Å². The zero-order valence-electron chi connectivity index (χ0n) is 14.0. The van der Waals surface area contributed by atoms with Gasteiger partial charge < -0.3 is 9.15 Å². The highest BCUT2D eigenvalue weighted by Gasteiger charge is 2.41. The van der Waals surface area contributed by atoms with Gasteiger partial charge in [-0.15, -0.1) is 0 Å². The molecule has 0 aliphatic heterocycles. The molecule has 1 aromatic carbocycles. The average Bonchev–Trinajstić information content (AvgIpc) is 3.09. The molecule has 25 heavy (non-hydrogen) atoms. The first-order chi connectivity index (χ1) is 12.2. The number of fused-ring (bicyclic) bond motifs is 2. The van der Waals surface area contributed by atoms with Crippen LogP contribution in [0.3, 0.4) is 0 Å². The van der Waals surface area contributed by atoms with Crippen LogP contribution in [0.15, 0.2) is 40.9 Å². The predicted octanol–water partition coefficient (Wildman–Crippen LogP) is 3.78. The highest BCUT2D eigenvalue weighted by Crippen LogP contribution is 2.40. The van der Waals surface area contributed by atoms with E-state index in [2.05, 4.69) is 4.98 Å². The van der Waals surface area contributed by atoms with E-state index in [9.17, 15) is 9.59 Å². The molecule has 1 aromatic heterocycles. The van der Waals surface area contributed by atoms with Crippen LogP contribution in [-0.4, -0.2) is 16.7 Å². The molecule has 0 saturated heterocycles. The molecule has 130 valence electrons. The fraction of sp³-hybridized carbons (Fsp3) is 0.450. The highest BCUT2D eigenvalue weighted by atomic mass is 16.5. The number of rotatable bonds is 4. The van der Waals surface area contributed by atoms with Gasteiger partial charge in [-0.05, 0) is 25.7 Å². The number of carbonyl (C=O) groups is 2. The van der Waals surface area contributed by atoms with Crippen molar-refractivity contribution in [2.75, 3.05) is 0 Å². The largest absolute Gasteiger partial charge is 0.455 e. The minimum atomic E-state index is -0.233. The van der Waals surface area contributed by atoms with Crippen LogP contribution in [0.5, 0.6) is 0 Å². The topological polar surface area (TPSA) is 69.4 Å². The Balaban J connectivity index is 1.35. The van der Waals surface area contributed by atoms with Crippen LogP contribution in [0.1, 0.15) is 38.0 Å². The molecule has 2 fully saturated rings. The molecule has 0 unspecified atom stereocenters. The highest BCUT2D eigenvalue weighted by molar-refractivity contribution is 5.87. The number of benzene rings is 1. The van der Waals surface area contributed by atoms with Crippen molar-refractivity contribution < 1.29 is 18.7 Å². The lowest BCUT2D eigenvalue weighted by Crippen LogP contribution is -2.39. The molecule has 0 amide bonds. The summed E-state index contributed by atoms with van der Waals surface area (Å²) in [4.78, 5) is 28.7. The van der Waals surface area contributed by atoms with Crippen LogP contribution in [-0.2, 0) is 20.9 Å². The molecule has 2 aliphatic carbocycles. The van der Waals surface area contributed by atoms with Crippen molar-refractivity contribution in [2.24, 2.45) is 17.8 Å². The first-order valence-electron chi connectivity index (χ1n) is 8.91. The summed E-state index contributed by atoms with van der Waals surface area (Å²) in [6, 6.07) is 9.67. The number of hydrogen-bond donors (Lipinski definition) is 0. The number of nitrogens with zero attached hydrogens (tertiary/aromatic N) is 1. The Morgan fingerprint density at radius 2 is 1.88 bits per heavy atom. The zero-order chi connectivity index (χ0) is 17.2. The lowest BCUT2D eigenvalue weighted by atomic mass is 9.67. The lowest BCUT2D eigenvalue weighted by molar-refractivity contribution is -0.155. The van der Waals surface area contributed by atoms with E-state index in [1.165, 1.54) is 0 Å². The SMILES string of the molecule is O=C(OCc1ncc(-c2ccccc2)o1)C1C[C@H]2CCC[C@H](C1)C2=O. The quantitative estimate of drug-likeness (QED) is 0.793. The Bertz CT molecular complexity index is 751. The molecule has 4 rings (SSSR count). The maximum Gasteiger partial charge on any atom is 0.309 e. The first-order valence-corrected chi connectivity index (χ1v) is 8.91. The monoisotopic (exact) mass is 339 g/mol. The first kappa shape index (κ1) is 16.1. The molecule has 0 radical (unpaired) electrons. The molecule has 2 aliphatic rings. The van der Waals surface area contributed by atoms with Crippen LogP contribution in [0, 0.1) is 17.8 Å². The molecule has 2 atom stereocenters. The predicted molar refractivity (Wildman–Crippen MR) is 90.3 cm³/mol. The van der Waals surface area contributed by atoms with Crippen molar-refractivity contribution in [3.63, 3.8) is 0 Å². The van der Waals surface area contributed by atoms with Crippen LogP contribution < -0.4 is 0 Å². The molecule has 2 bridgehead atoms. The van der Waals surface area contributed by atoms with E-state index in [0.29, 0.717) is 30.3 Å². The summed E-state index contributed by atoms with van der Waals surface area (Å²) >= 11 is 0. The number of hydrogen-bond acceptors (Lipinski definition) is 5. The van der Waals surface area contributed by atoms with E-state index in [-0.39, 0.29) is 30.3 Å². The minimum absolute atomic E-state index is 0.0332. The second kappa shape index (κ2) is 6.82. The van der Waals surface area contributed by atoms with E-state index in [4.69, 9.17) is 9.15 Å². The number of aromatic nitrogens is 1. The molecule has 2 saturated carbocycles. The maximum atomic E-state index is 12.4. The van der Waals surface area contributed by atoms with Crippen LogP contribution >= 0.6 is 0 Å². The van der Waals surface area contributed by atoms with E-state index in [1.807, 2.05) is 30.3 Å². The second-order valence-corrected chi connectivity index (χ2v) is 6.99. The number of oxazole rings is 1. The van der Waals surface area contributed by atoms with Crippen molar-refractivity contribution in [2.45, 2.75) is 38.7 Å². The zero-order valence-corrected chi connectivity index (χ0v) is 14.0. The van der Waals surface area contributed by atoms with E-state index in [0.717, 1.165) is 24.8 Å². The van der Waals surface area contributed by atoms with Crippen molar-refractivity contribution >= 4 is 11.8 Å². The van der Waals surface area contributed by atoms with Crippen LogP contribution in [0.4, 0.5) is 0 Å². The summed E-state index contributed by atoms with van der Waals surface area (Å²) in [6.07, 6.45) is 5.84. The third kappa shape index (κ3) is 3.36. The number of Topliss-reactive ketones (excluding diaryl/α,β-unsaturated/α-hetero) is 1. The van der Waals surface area contributed by atoms with Gasteiger partial charge in [0.05, 0.1) is 12.1 Å². The number of carbonyl (C=O) groups excluding carboxylic acids is 2. The molecule has 2 aromatic rings. The van der Waals surface area contributed by atoms with Crippen molar-refractivity contribution in [3.8, 4) is 11.3 Å². The summed E-state index contributed by atoms with van der Waals surface area (Å²) in [5.74, 6) is 1.10. The fourth-order valence-corrected chi connectivity index (χ4v) is 4.04. The van der Waals surface area contributed by atoms with Crippen molar-refractivity contribution in [3.05, 3.63) is 42.4 Å². The van der Waals surface area contributed by atoms with Gasteiger partial charge in [-0.2, -0.15) is 0 Å². The molecular weight excluding hydrogens is 318 g/mol. The average molecular weight is 339 g/mol. The minimum Gasteiger partial charge on any atom is -0.455 e. The second-order valence-electron chi connectivity index (χ2n) is 6.99. The van der Waals surface area contributed by atoms with Crippen LogP contribution in [0.2, 0.25) is 0 Å². The number of ether oxygens (including phenoxy) is 1. The lowest BCUT2D eigenvalue weighted by Gasteiger charge is -2.36. The Kier molecular flexibility index (Phi) is 4.38. The van der Waals surface area contributed by atoms with E-state index < -0.39 is 0 Å². The molecule has 1 heterocycles. The molecule has 0 spiro atoms. The summed E-state index contributed by atoms with van der Waals surface area (Å²) in [7, 11) is 0. The van der Waals surface area contributed by atoms with Gasteiger partial charge in [0.15, 0.2) is 12.4 Å². The van der Waals surface area contributed by atoms with Gasteiger partial charge >= 0.3 is 5.97 Å². The summed E-state index contributed by atoms with van der Waals surface area (Å²) in [5.41, 5.74) is 0.936. The molecular formula is C20H21NO4. The smallest absolute Gasteiger partial charge is 0.309 e.